The fourth-order valence-corrected chi connectivity index (χ4v) is 1.05. The third kappa shape index (κ3) is 1.70. The Labute approximate surface area is 77.0 Å². The third-order valence-corrected chi connectivity index (χ3v) is 1.65. The molecule has 0 saturated heterocycles. The van der Waals surface area contributed by atoms with Crippen molar-refractivity contribution >= 4 is 5.97 Å². The molecule has 1 N–H and O–H groups in total. The molecule has 0 bridgehead atoms. The van der Waals surface area contributed by atoms with Gasteiger partial charge in [-0.1, -0.05) is 0 Å². The molecular weight excluding hydrogens is 201 g/mol. The van der Waals surface area contributed by atoms with Crippen LogP contribution in [0, 0.1) is 0 Å². The van der Waals surface area contributed by atoms with Crippen molar-refractivity contribution < 1.29 is 23.1 Å². The van der Waals surface area contributed by atoms with E-state index in [4.69, 9.17) is 5.11 Å². The van der Waals surface area contributed by atoms with Crippen LogP contribution < -0.4 is 0 Å². The first-order chi connectivity index (χ1) is 6.38. The number of aromatic nitrogens is 2. The van der Waals surface area contributed by atoms with Crippen LogP contribution in [0.25, 0.3) is 0 Å². The molecule has 0 aliphatic heterocycles. The zero-order chi connectivity index (χ0) is 10.9. The van der Waals surface area contributed by atoms with Gasteiger partial charge in [-0.15, -0.1) is 0 Å². The van der Waals surface area contributed by atoms with Gasteiger partial charge in [0.05, 0.1) is 6.33 Å². The number of carbonyl (C=O) groups is 1. The fourth-order valence-electron chi connectivity index (χ4n) is 1.05. The molecule has 0 amide bonds. The molecule has 1 aromatic rings. The molecule has 0 radical (unpaired) electrons. The summed E-state index contributed by atoms with van der Waals surface area (Å²) in [4.78, 5) is 13.6. The Morgan fingerprint density at radius 2 is 2.21 bits per heavy atom. The molecule has 7 heteroatoms. The van der Waals surface area contributed by atoms with Crippen molar-refractivity contribution in [3.63, 3.8) is 0 Å². The smallest absolute Gasteiger partial charge is 0.435 e. The number of imidazole rings is 1. The molecule has 14 heavy (non-hydrogen) atoms. The van der Waals surface area contributed by atoms with Crippen LogP contribution >= 0.6 is 0 Å². The normalized spacial score (nSPS) is 11.7. The van der Waals surface area contributed by atoms with E-state index in [1.807, 2.05) is 0 Å². The van der Waals surface area contributed by atoms with Gasteiger partial charge in [-0.2, -0.15) is 13.2 Å². The molecule has 0 aliphatic carbocycles. The van der Waals surface area contributed by atoms with Gasteiger partial charge >= 0.3 is 12.1 Å². The topological polar surface area (TPSA) is 55.1 Å². The number of halogens is 3. The standard InChI is InChI=1S/C7H7F3N2O2/c1-2-12-3-11-5(7(8,9)10)4(12)6(13)14/h3H,2H2,1H3,(H,13,14). The minimum atomic E-state index is -4.73. The number of rotatable bonds is 2. The van der Waals surface area contributed by atoms with Crippen LogP contribution in [-0.2, 0) is 12.7 Å². The number of aryl methyl sites for hydroxylation is 1. The van der Waals surface area contributed by atoms with E-state index < -0.39 is 23.5 Å². The lowest BCUT2D eigenvalue weighted by Crippen LogP contribution is -2.15. The van der Waals surface area contributed by atoms with E-state index in [9.17, 15) is 18.0 Å². The van der Waals surface area contributed by atoms with E-state index in [2.05, 4.69) is 4.98 Å². The van der Waals surface area contributed by atoms with Gasteiger partial charge < -0.3 is 9.67 Å². The van der Waals surface area contributed by atoms with Crippen molar-refractivity contribution in [2.75, 3.05) is 0 Å². The van der Waals surface area contributed by atoms with E-state index >= 15 is 0 Å². The predicted octanol–water partition coefficient (Wildman–Crippen LogP) is 1.62. The highest BCUT2D eigenvalue weighted by molar-refractivity contribution is 5.87. The highest BCUT2D eigenvalue weighted by Gasteiger charge is 2.39. The van der Waals surface area contributed by atoms with Crippen molar-refractivity contribution in [3.8, 4) is 0 Å². The molecule has 78 valence electrons. The van der Waals surface area contributed by atoms with E-state index in [-0.39, 0.29) is 6.54 Å². The van der Waals surface area contributed by atoms with Crippen LogP contribution in [0.5, 0.6) is 0 Å². The summed E-state index contributed by atoms with van der Waals surface area (Å²) < 4.78 is 37.6. The lowest BCUT2D eigenvalue weighted by Gasteiger charge is -2.05. The second-order valence-corrected chi connectivity index (χ2v) is 2.53. The number of carboxylic acids is 1. The molecule has 0 atom stereocenters. The van der Waals surface area contributed by atoms with Gasteiger partial charge in [0.1, 0.15) is 0 Å². The first kappa shape index (κ1) is 10.6. The van der Waals surface area contributed by atoms with Gasteiger partial charge in [-0.3, -0.25) is 0 Å². The van der Waals surface area contributed by atoms with Crippen LogP contribution in [0.2, 0.25) is 0 Å². The number of alkyl halides is 3. The summed E-state index contributed by atoms with van der Waals surface area (Å²) in [6, 6.07) is 0. The fraction of sp³-hybridized carbons (Fsp3) is 0.429. The molecule has 4 nitrogen and oxygen atoms in total. The molecule has 0 unspecified atom stereocenters. The molecule has 1 rings (SSSR count). The average Bonchev–Trinajstić information content (AvgIpc) is 2.45. The Morgan fingerprint density at radius 3 is 2.57 bits per heavy atom. The van der Waals surface area contributed by atoms with Crippen molar-refractivity contribution in [2.24, 2.45) is 0 Å². The van der Waals surface area contributed by atoms with Crippen LogP contribution in [0.1, 0.15) is 23.1 Å². The zero-order valence-electron chi connectivity index (χ0n) is 7.17. The van der Waals surface area contributed by atoms with Crippen molar-refractivity contribution in [3.05, 3.63) is 17.7 Å². The second-order valence-electron chi connectivity index (χ2n) is 2.53. The van der Waals surface area contributed by atoms with E-state index in [1.54, 1.807) is 0 Å². The van der Waals surface area contributed by atoms with E-state index in [1.165, 1.54) is 6.92 Å². The van der Waals surface area contributed by atoms with Crippen molar-refractivity contribution in [2.45, 2.75) is 19.6 Å². The largest absolute Gasteiger partial charge is 0.477 e. The van der Waals surface area contributed by atoms with Gasteiger partial charge in [-0.25, -0.2) is 9.78 Å². The molecule has 0 aromatic carbocycles. The minimum Gasteiger partial charge on any atom is -0.477 e. The Kier molecular flexibility index (Phi) is 2.50. The quantitative estimate of drug-likeness (QED) is 0.803. The summed E-state index contributed by atoms with van der Waals surface area (Å²) in [6.07, 6.45) is -3.86. The number of nitrogens with zero attached hydrogens (tertiary/aromatic N) is 2. The maximum Gasteiger partial charge on any atom is 0.435 e. The molecule has 0 fully saturated rings. The maximum absolute atomic E-state index is 12.2. The monoisotopic (exact) mass is 208 g/mol. The summed E-state index contributed by atoms with van der Waals surface area (Å²) in [5, 5.41) is 8.57. The van der Waals surface area contributed by atoms with E-state index in [0.717, 1.165) is 10.9 Å². The maximum atomic E-state index is 12.2. The molecular formula is C7H7F3N2O2. The first-order valence-corrected chi connectivity index (χ1v) is 3.73. The molecule has 0 saturated carbocycles. The summed E-state index contributed by atoms with van der Waals surface area (Å²) in [5.74, 6) is -1.63. The van der Waals surface area contributed by atoms with Crippen LogP contribution in [0.4, 0.5) is 13.2 Å². The van der Waals surface area contributed by atoms with Crippen LogP contribution in [-0.4, -0.2) is 20.6 Å². The molecule has 0 aliphatic rings. The Bertz CT molecular complexity index is 356. The Morgan fingerprint density at radius 1 is 1.64 bits per heavy atom. The summed E-state index contributed by atoms with van der Waals surface area (Å²) in [7, 11) is 0. The van der Waals surface area contributed by atoms with E-state index in [0.29, 0.717) is 0 Å². The van der Waals surface area contributed by atoms with Gasteiger partial charge in [0, 0.05) is 6.54 Å². The minimum absolute atomic E-state index is 0.130. The highest BCUT2D eigenvalue weighted by Crippen LogP contribution is 2.30. The summed E-state index contributed by atoms with van der Waals surface area (Å²) in [5.41, 5.74) is -2.17. The lowest BCUT2D eigenvalue weighted by atomic mass is 10.3. The van der Waals surface area contributed by atoms with Crippen LogP contribution in [0.15, 0.2) is 6.33 Å². The Balaban J connectivity index is 3.32. The second kappa shape index (κ2) is 3.32. The third-order valence-electron chi connectivity index (χ3n) is 1.65. The first-order valence-electron chi connectivity index (χ1n) is 3.73. The molecule has 0 spiro atoms. The summed E-state index contributed by atoms with van der Waals surface area (Å²) in [6.45, 7) is 1.67. The Hall–Kier alpha value is -1.53. The SMILES string of the molecule is CCn1cnc(C(F)(F)F)c1C(=O)O. The highest BCUT2D eigenvalue weighted by atomic mass is 19.4. The number of hydrogen-bond acceptors (Lipinski definition) is 2. The number of carboxylic acid groups (broad SMARTS) is 1. The average molecular weight is 208 g/mol. The van der Waals surface area contributed by atoms with Crippen LogP contribution in [0.3, 0.4) is 0 Å². The summed E-state index contributed by atoms with van der Waals surface area (Å²) >= 11 is 0. The number of hydrogen-bond donors (Lipinski definition) is 1. The van der Waals surface area contributed by atoms with Gasteiger partial charge in [0.2, 0.25) is 0 Å². The predicted molar refractivity (Wildman–Crippen MR) is 39.9 cm³/mol. The lowest BCUT2D eigenvalue weighted by molar-refractivity contribution is -0.141. The van der Waals surface area contributed by atoms with Crippen molar-refractivity contribution in [1.82, 2.24) is 9.55 Å². The molecule has 1 aromatic heterocycles. The number of aromatic carboxylic acids is 1. The van der Waals surface area contributed by atoms with Crippen molar-refractivity contribution in [1.29, 1.82) is 0 Å². The molecule has 1 heterocycles. The van der Waals surface area contributed by atoms with Gasteiger partial charge in [0.15, 0.2) is 11.4 Å². The van der Waals surface area contributed by atoms with Gasteiger partial charge in [-0.05, 0) is 6.92 Å². The zero-order valence-corrected chi connectivity index (χ0v) is 7.17. The van der Waals surface area contributed by atoms with Gasteiger partial charge in [0.25, 0.3) is 0 Å².